The van der Waals surface area contributed by atoms with Crippen molar-refractivity contribution in [1.82, 2.24) is 4.98 Å². The summed E-state index contributed by atoms with van der Waals surface area (Å²) in [4.78, 5) is 4.15. The van der Waals surface area contributed by atoms with E-state index >= 15 is 0 Å². The van der Waals surface area contributed by atoms with E-state index in [1.54, 1.807) is 36.4 Å². The van der Waals surface area contributed by atoms with Gasteiger partial charge in [-0.2, -0.15) is 0 Å². The average Bonchev–Trinajstić information content (AvgIpc) is 2.68. The van der Waals surface area contributed by atoms with Gasteiger partial charge in [0.25, 0.3) is 0 Å². The van der Waals surface area contributed by atoms with Gasteiger partial charge in [0.1, 0.15) is 5.82 Å². The van der Waals surface area contributed by atoms with Crippen LogP contribution in [0.15, 0.2) is 76.8 Å². The molecule has 0 spiro atoms. The quantitative estimate of drug-likeness (QED) is 0.697. The van der Waals surface area contributed by atoms with Gasteiger partial charge in [0.05, 0.1) is 4.90 Å². The van der Waals surface area contributed by atoms with Crippen LogP contribution < -0.4 is 5.73 Å². The standard InChI is InChI=1S/C20H17FN2O2S/c21-18-9-5-15(6-10-18)3-4-16-7-11-19(12-8-16)26(24,25)20-17(14-22)2-1-13-23-20/h1-13H,14,22H2. The Bertz CT molecular complexity index is 1030. The number of nitrogens with two attached hydrogens (primary N) is 1. The Hall–Kier alpha value is -2.83. The maximum absolute atomic E-state index is 12.9. The first-order valence-electron chi connectivity index (χ1n) is 7.93. The van der Waals surface area contributed by atoms with Crippen molar-refractivity contribution < 1.29 is 12.8 Å². The second kappa shape index (κ2) is 7.59. The van der Waals surface area contributed by atoms with Crippen LogP contribution in [0.25, 0.3) is 12.2 Å². The van der Waals surface area contributed by atoms with Crippen LogP contribution in [-0.4, -0.2) is 13.4 Å². The van der Waals surface area contributed by atoms with E-state index in [2.05, 4.69) is 4.98 Å². The minimum absolute atomic E-state index is 0.0166. The van der Waals surface area contributed by atoms with Crippen LogP contribution in [0.1, 0.15) is 16.7 Å². The van der Waals surface area contributed by atoms with Crippen molar-refractivity contribution in [2.45, 2.75) is 16.5 Å². The zero-order chi connectivity index (χ0) is 18.6. The molecule has 3 rings (SSSR count). The van der Waals surface area contributed by atoms with E-state index in [4.69, 9.17) is 5.73 Å². The summed E-state index contributed by atoms with van der Waals surface area (Å²) < 4.78 is 38.4. The lowest BCUT2D eigenvalue weighted by atomic mass is 10.1. The summed E-state index contributed by atoms with van der Waals surface area (Å²) in [7, 11) is -3.73. The summed E-state index contributed by atoms with van der Waals surface area (Å²) in [5.41, 5.74) is 7.77. The fourth-order valence-electron chi connectivity index (χ4n) is 2.46. The number of halogens is 1. The Morgan fingerprint density at radius 2 is 1.50 bits per heavy atom. The molecule has 0 saturated carbocycles. The van der Waals surface area contributed by atoms with Crippen LogP contribution in [0.5, 0.6) is 0 Å². The summed E-state index contributed by atoms with van der Waals surface area (Å²) >= 11 is 0. The molecule has 4 nitrogen and oxygen atoms in total. The fraction of sp³-hybridized carbons (Fsp3) is 0.0500. The Kier molecular flexibility index (Phi) is 5.25. The van der Waals surface area contributed by atoms with Gasteiger partial charge in [-0.1, -0.05) is 42.5 Å². The van der Waals surface area contributed by atoms with Gasteiger partial charge in [0.15, 0.2) is 5.03 Å². The molecule has 0 aliphatic rings. The first kappa shape index (κ1) is 18.0. The third-order valence-electron chi connectivity index (χ3n) is 3.85. The number of pyridine rings is 1. The highest BCUT2D eigenvalue weighted by Gasteiger charge is 2.21. The highest BCUT2D eigenvalue weighted by molar-refractivity contribution is 7.91. The molecule has 0 radical (unpaired) electrons. The third-order valence-corrected chi connectivity index (χ3v) is 5.62. The predicted molar refractivity (Wildman–Crippen MR) is 99.4 cm³/mol. The van der Waals surface area contributed by atoms with Gasteiger partial charge in [0, 0.05) is 18.3 Å². The lowest BCUT2D eigenvalue weighted by Gasteiger charge is -2.08. The Balaban J connectivity index is 1.86. The molecule has 0 bridgehead atoms. The molecule has 3 aromatic rings. The first-order chi connectivity index (χ1) is 12.5. The highest BCUT2D eigenvalue weighted by Crippen LogP contribution is 2.22. The number of hydrogen-bond acceptors (Lipinski definition) is 4. The van der Waals surface area contributed by atoms with Gasteiger partial charge < -0.3 is 5.73 Å². The molecule has 2 aromatic carbocycles. The van der Waals surface area contributed by atoms with E-state index in [-0.39, 0.29) is 22.3 Å². The topological polar surface area (TPSA) is 73.0 Å². The largest absolute Gasteiger partial charge is 0.326 e. The zero-order valence-electron chi connectivity index (χ0n) is 13.8. The summed E-state index contributed by atoms with van der Waals surface area (Å²) in [6, 6.07) is 15.9. The number of nitrogens with zero attached hydrogens (tertiary/aromatic N) is 1. The lowest BCUT2D eigenvalue weighted by molar-refractivity contribution is 0.590. The second-order valence-electron chi connectivity index (χ2n) is 5.63. The Morgan fingerprint density at radius 1 is 0.923 bits per heavy atom. The van der Waals surface area contributed by atoms with E-state index < -0.39 is 9.84 Å². The van der Waals surface area contributed by atoms with E-state index in [1.165, 1.54) is 30.5 Å². The number of aromatic nitrogens is 1. The van der Waals surface area contributed by atoms with Crippen LogP contribution in [0, 0.1) is 5.82 Å². The van der Waals surface area contributed by atoms with Crippen LogP contribution in [0.4, 0.5) is 4.39 Å². The molecule has 132 valence electrons. The molecule has 0 aliphatic carbocycles. The minimum atomic E-state index is -3.73. The van der Waals surface area contributed by atoms with Gasteiger partial charge in [0.2, 0.25) is 9.84 Å². The molecule has 1 aromatic heterocycles. The predicted octanol–water partition coefficient (Wildman–Crippen LogP) is 3.68. The molecule has 0 saturated heterocycles. The molecule has 0 amide bonds. The lowest BCUT2D eigenvalue weighted by Crippen LogP contribution is -2.10. The molecule has 0 fully saturated rings. The van der Waals surface area contributed by atoms with Gasteiger partial charge in [-0.05, 0) is 41.5 Å². The monoisotopic (exact) mass is 368 g/mol. The summed E-state index contributed by atoms with van der Waals surface area (Å²) in [5, 5.41) is -0.0166. The maximum atomic E-state index is 12.9. The van der Waals surface area contributed by atoms with Crippen LogP contribution in [0.3, 0.4) is 0 Å². The van der Waals surface area contributed by atoms with Crippen molar-refractivity contribution in [3.63, 3.8) is 0 Å². The van der Waals surface area contributed by atoms with Crippen molar-refractivity contribution in [2.75, 3.05) is 0 Å². The number of sulfone groups is 1. The molecule has 2 N–H and O–H groups in total. The van der Waals surface area contributed by atoms with Crippen molar-refractivity contribution in [3.05, 3.63) is 89.4 Å². The van der Waals surface area contributed by atoms with Crippen molar-refractivity contribution in [2.24, 2.45) is 5.73 Å². The molecule has 0 aliphatic heterocycles. The number of rotatable bonds is 5. The van der Waals surface area contributed by atoms with Crippen LogP contribution >= 0.6 is 0 Å². The Morgan fingerprint density at radius 3 is 2.08 bits per heavy atom. The fourth-order valence-corrected chi connectivity index (χ4v) is 3.87. The summed E-state index contributed by atoms with van der Waals surface area (Å²) in [5.74, 6) is -0.289. The maximum Gasteiger partial charge on any atom is 0.224 e. The number of benzene rings is 2. The van der Waals surface area contributed by atoms with Gasteiger partial charge in [-0.25, -0.2) is 17.8 Å². The smallest absolute Gasteiger partial charge is 0.224 e. The highest BCUT2D eigenvalue weighted by atomic mass is 32.2. The molecular weight excluding hydrogens is 351 g/mol. The van der Waals surface area contributed by atoms with Crippen LogP contribution in [0.2, 0.25) is 0 Å². The third kappa shape index (κ3) is 3.87. The van der Waals surface area contributed by atoms with Crippen molar-refractivity contribution in [1.29, 1.82) is 0 Å². The molecule has 1 heterocycles. The van der Waals surface area contributed by atoms with E-state index in [1.807, 2.05) is 12.2 Å². The van der Waals surface area contributed by atoms with Crippen molar-refractivity contribution >= 4 is 22.0 Å². The van der Waals surface area contributed by atoms with E-state index in [9.17, 15) is 12.8 Å². The zero-order valence-corrected chi connectivity index (χ0v) is 14.7. The van der Waals surface area contributed by atoms with Gasteiger partial charge in [-0.3, -0.25) is 0 Å². The molecular formula is C20H17FN2O2S. The van der Waals surface area contributed by atoms with Gasteiger partial charge in [-0.15, -0.1) is 0 Å². The minimum Gasteiger partial charge on any atom is -0.326 e. The van der Waals surface area contributed by atoms with E-state index in [0.717, 1.165) is 11.1 Å². The van der Waals surface area contributed by atoms with E-state index in [0.29, 0.717) is 5.56 Å². The molecule has 0 unspecified atom stereocenters. The van der Waals surface area contributed by atoms with Crippen LogP contribution in [-0.2, 0) is 16.4 Å². The molecule has 6 heteroatoms. The summed E-state index contributed by atoms with van der Waals surface area (Å²) in [6.07, 6.45) is 5.09. The average molecular weight is 368 g/mol. The Labute approximate surface area is 151 Å². The van der Waals surface area contributed by atoms with Gasteiger partial charge >= 0.3 is 0 Å². The number of hydrogen-bond donors (Lipinski definition) is 1. The normalized spacial score (nSPS) is 11.8. The molecule has 26 heavy (non-hydrogen) atoms. The second-order valence-corrected chi connectivity index (χ2v) is 7.49. The first-order valence-corrected chi connectivity index (χ1v) is 9.42. The summed E-state index contributed by atoms with van der Waals surface area (Å²) in [6.45, 7) is 0.0981. The van der Waals surface area contributed by atoms with Crippen molar-refractivity contribution in [3.8, 4) is 0 Å². The SMILES string of the molecule is NCc1cccnc1S(=O)(=O)c1ccc(C=Cc2ccc(F)cc2)cc1. The molecule has 0 atom stereocenters.